The summed E-state index contributed by atoms with van der Waals surface area (Å²) in [6.07, 6.45) is -0.366. The number of alkyl carbamates (subject to hydrolysis) is 1. The van der Waals surface area contributed by atoms with Crippen LogP contribution >= 0.6 is 11.3 Å². The zero-order valence-electron chi connectivity index (χ0n) is 14.7. The summed E-state index contributed by atoms with van der Waals surface area (Å²) < 4.78 is 5.33. The number of nitrogens with zero attached hydrogens (tertiary/aromatic N) is 1. The van der Waals surface area contributed by atoms with Crippen LogP contribution in [0.4, 0.5) is 4.79 Å². The highest BCUT2D eigenvalue weighted by Gasteiger charge is 2.22. The number of aryl methyl sites for hydroxylation is 1. The largest absolute Gasteiger partial charge is 0.444 e. The second kappa shape index (κ2) is 7.92. The third kappa shape index (κ3) is 6.32. The number of carbonyl (C=O) groups excluding carboxylic acids is 1. The highest BCUT2D eigenvalue weighted by molar-refractivity contribution is 7.09. The maximum atomic E-state index is 11.9. The lowest BCUT2D eigenvalue weighted by Crippen LogP contribution is -2.47. The number of thiazole rings is 1. The lowest BCUT2D eigenvalue weighted by Gasteiger charge is -2.27. The van der Waals surface area contributed by atoms with Gasteiger partial charge in [-0.3, -0.25) is 0 Å². The highest BCUT2D eigenvalue weighted by Crippen LogP contribution is 2.21. The molecule has 1 amide bonds. The highest BCUT2D eigenvalue weighted by atomic mass is 32.1. The molecule has 1 aromatic rings. The van der Waals surface area contributed by atoms with Crippen molar-refractivity contribution >= 4 is 17.4 Å². The van der Waals surface area contributed by atoms with E-state index in [0.717, 1.165) is 5.69 Å². The topological polar surface area (TPSA) is 63.2 Å². The van der Waals surface area contributed by atoms with Crippen LogP contribution in [0.3, 0.4) is 0 Å². The summed E-state index contributed by atoms with van der Waals surface area (Å²) in [7, 11) is 0. The minimum Gasteiger partial charge on any atom is -0.444 e. The van der Waals surface area contributed by atoms with Gasteiger partial charge in [0, 0.05) is 23.5 Å². The van der Waals surface area contributed by atoms with Gasteiger partial charge in [-0.05, 0) is 40.5 Å². The van der Waals surface area contributed by atoms with Crippen molar-refractivity contribution in [3.05, 3.63) is 16.1 Å². The third-order valence-electron chi connectivity index (χ3n) is 3.33. The summed E-state index contributed by atoms with van der Waals surface area (Å²) >= 11 is 1.65. The van der Waals surface area contributed by atoms with Crippen molar-refractivity contribution in [3.63, 3.8) is 0 Å². The smallest absolute Gasteiger partial charge is 0.407 e. The molecule has 0 radical (unpaired) electrons. The Morgan fingerprint density at radius 1 is 1.36 bits per heavy atom. The monoisotopic (exact) mass is 327 g/mol. The van der Waals surface area contributed by atoms with Crippen molar-refractivity contribution in [2.75, 3.05) is 6.54 Å². The Morgan fingerprint density at radius 3 is 2.45 bits per heavy atom. The minimum atomic E-state index is -0.480. The van der Waals surface area contributed by atoms with Crippen LogP contribution in [0.5, 0.6) is 0 Å². The predicted molar refractivity (Wildman–Crippen MR) is 91.3 cm³/mol. The lowest BCUT2D eigenvalue weighted by molar-refractivity contribution is 0.0489. The van der Waals surface area contributed by atoms with E-state index in [1.165, 1.54) is 4.88 Å². The Balaban J connectivity index is 2.54. The molecule has 0 aliphatic rings. The van der Waals surface area contributed by atoms with Crippen molar-refractivity contribution in [3.8, 4) is 0 Å². The summed E-state index contributed by atoms with van der Waals surface area (Å²) in [5.74, 6) is 0.315. The van der Waals surface area contributed by atoms with Gasteiger partial charge in [0.1, 0.15) is 5.60 Å². The van der Waals surface area contributed by atoms with Crippen LogP contribution in [0.15, 0.2) is 5.51 Å². The first-order valence-electron chi connectivity index (χ1n) is 7.73. The fourth-order valence-electron chi connectivity index (χ4n) is 2.04. The molecule has 2 N–H and O–H groups in total. The number of nitrogens with one attached hydrogen (secondary N) is 2. The van der Waals surface area contributed by atoms with Gasteiger partial charge in [-0.2, -0.15) is 0 Å². The SMILES string of the molecule is Cc1ncsc1C(C)NCC(NC(=O)OC(C)(C)C)C(C)C. The molecule has 0 saturated carbocycles. The number of ether oxygens (including phenoxy) is 1. The maximum absolute atomic E-state index is 11.9. The van der Waals surface area contributed by atoms with E-state index in [0.29, 0.717) is 12.5 Å². The lowest BCUT2D eigenvalue weighted by atomic mass is 10.0. The molecule has 1 aromatic heterocycles. The first-order chi connectivity index (χ1) is 10.1. The van der Waals surface area contributed by atoms with Crippen molar-refractivity contribution in [2.24, 2.45) is 5.92 Å². The van der Waals surface area contributed by atoms with E-state index in [9.17, 15) is 4.79 Å². The molecule has 1 rings (SSSR count). The number of hydrogen-bond acceptors (Lipinski definition) is 5. The molecule has 2 atom stereocenters. The summed E-state index contributed by atoms with van der Waals surface area (Å²) in [6, 6.07) is 0.236. The van der Waals surface area contributed by atoms with E-state index in [2.05, 4.69) is 36.4 Å². The van der Waals surface area contributed by atoms with Gasteiger partial charge in [0.2, 0.25) is 0 Å². The van der Waals surface area contributed by atoms with E-state index >= 15 is 0 Å². The van der Waals surface area contributed by atoms with Crippen LogP contribution in [0.25, 0.3) is 0 Å². The third-order valence-corrected chi connectivity index (χ3v) is 4.44. The Bertz CT molecular complexity index is 480. The fourth-order valence-corrected chi connectivity index (χ4v) is 2.87. The molecule has 126 valence electrons. The van der Waals surface area contributed by atoms with Crippen LogP contribution in [0.1, 0.15) is 58.2 Å². The summed E-state index contributed by atoms with van der Waals surface area (Å²) in [5.41, 5.74) is 2.44. The number of hydrogen-bond donors (Lipinski definition) is 2. The molecule has 22 heavy (non-hydrogen) atoms. The van der Waals surface area contributed by atoms with E-state index in [1.54, 1.807) is 11.3 Å². The van der Waals surface area contributed by atoms with Gasteiger partial charge in [0.15, 0.2) is 0 Å². The molecule has 5 nitrogen and oxygen atoms in total. The van der Waals surface area contributed by atoms with E-state index in [1.807, 2.05) is 33.2 Å². The van der Waals surface area contributed by atoms with Gasteiger partial charge in [-0.15, -0.1) is 11.3 Å². The van der Waals surface area contributed by atoms with Gasteiger partial charge < -0.3 is 15.4 Å². The molecule has 0 spiro atoms. The molecule has 0 aliphatic heterocycles. The van der Waals surface area contributed by atoms with Crippen molar-refractivity contribution < 1.29 is 9.53 Å². The van der Waals surface area contributed by atoms with Crippen LogP contribution < -0.4 is 10.6 Å². The Kier molecular flexibility index (Phi) is 6.81. The standard InChI is InChI=1S/C16H29N3O2S/c1-10(2)13(19-15(20)21-16(5,6)7)8-17-11(3)14-12(4)18-9-22-14/h9-11,13,17H,8H2,1-7H3,(H,19,20). The molecule has 6 heteroatoms. The van der Waals surface area contributed by atoms with Crippen molar-refractivity contribution in [1.82, 2.24) is 15.6 Å². The van der Waals surface area contributed by atoms with Crippen LogP contribution in [0.2, 0.25) is 0 Å². The Morgan fingerprint density at radius 2 is 2.00 bits per heavy atom. The molecular weight excluding hydrogens is 298 g/mol. The molecule has 0 saturated heterocycles. The predicted octanol–water partition coefficient (Wildman–Crippen LogP) is 3.65. The molecular formula is C16H29N3O2S. The molecule has 0 aliphatic carbocycles. The van der Waals surface area contributed by atoms with Crippen molar-refractivity contribution in [2.45, 2.75) is 66.2 Å². The van der Waals surface area contributed by atoms with Crippen LogP contribution in [0, 0.1) is 12.8 Å². The van der Waals surface area contributed by atoms with Crippen LogP contribution in [-0.2, 0) is 4.74 Å². The van der Waals surface area contributed by atoms with Crippen molar-refractivity contribution in [1.29, 1.82) is 0 Å². The first-order valence-corrected chi connectivity index (χ1v) is 8.61. The Labute approximate surface area is 137 Å². The number of carbonyl (C=O) groups is 1. The fraction of sp³-hybridized carbons (Fsp3) is 0.750. The molecule has 0 bridgehead atoms. The second-order valence-electron chi connectivity index (χ2n) is 6.93. The molecule has 2 unspecified atom stereocenters. The van der Waals surface area contributed by atoms with E-state index in [4.69, 9.17) is 4.74 Å². The summed E-state index contributed by atoms with van der Waals surface area (Å²) in [6.45, 7) is 14.6. The maximum Gasteiger partial charge on any atom is 0.407 e. The molecule has 0 aromatic carbocycles. The van der Waals surface area contributed by atoms with Gasteiger partial charge in [-0.25, -0.2) is 9.78 Å². The number of rotatable bonds is 6. The van der Waals surface area contributed by atoms with Gasteiger partial charge in [-0.1, -0.05) is 13.8 Å². The summed E-state index contributed by atoms with van der Waals surface area (Å²) in [5, 5.41) is 6.43. The zero-order valence-corrected chi connectivity index (χ0v) is 15.5. The minimum absolute atomic E-state index is 0.0190. The van der Waals surface area contributed by atoms with Gasteiger partial charge >= 0.3 is 6.09 Å². The van der Waals surface area contributed by atoms with E-state index < -0.39 is 5.60 Å². The quantitative estimate of drug-likeness (QED) is 0.837. The van der Waals surface area contributed by atoms with Gasteiger partial charge in [0.25, 0.3) is 0 Å². The first kappa shape index (κ1) is 18.9. The van der Waals surface area contributed by atoms with Crippen LogP contribution in [-0.4, -0.2) is 29.3 Å². The number of aromatic nitrogens is 1. The molecule has 1 heterocycles. The number of amides is 1. The van der Waals surface area contributed by atoms with E-state index in [-0.39, 0.29) is 18.2 Å². The Hall–Kier alpha value is -1.14. The normalized spacial score (nSPS) is 14.7. The van der Waals surface area contributed by atoms with Gasteiger partial charge in [0.05, 0.1) is 11.2 Å². The zero-order chi connectivity index (χ0) is 16.9. The average molecular weight is 327 g/mol. The second-order valence-corrected chi connectivity index (χ2v) is 7.82. The summed E-state index contributed by atoms with van der Waals surface area (Å²) in [4.78, 5) is 17.4. The molecule has 0 fully saturated rings. The average Bonchev–Trinajstić information content (AvgIpc) is 2.77.